The van der Waals surface area contributed by atoms with Crippen LogP contribution in [0.2, 0.25) is 5.02 Å². The van der Waals surface area contributed by atoms with Gasteiger partial charge >= 0.3 is 6.18 Å². The fourth-order valence-corrected chi connectivity index (χ4v) is 4.00. The second-order valence-corrected chi connectivity index (χ2v) is 8.70. The number of aromatic nitrogens is 2. The predicted molar refractivity (Wildman–Crippen MR) is 121 cm³/mol. The van der Waals surface area contributed by atoms with Crippen LogP contribution in [0.25, 0.3) is 10.9 Å². The minimum Gasteiger partial charge on any atom is -0.398 e. The molecule has 1 atom stereocenters. The van der Waals surface area contributed by atoms with Gasteiger partial charge in [0.1, 0.15) is 12.1 Å². The summed E-state index contributed by atoms with van der Waals surface area (Å²) in [6, 6.07) is 7.90. The van der Waals surface area contributed by atoms with Gasteiger partial charge in [0.05, 0.1) is 22.8 Å². The number of hydrogen-bond acceptors (Lipinski definition) is 5. The SMILES string of the molecule is CC1(C#Cc2cc3ncnc(Nc4cccc(Cl)c4F)c3cc2N)CCN(CC(F)(F)F)C1. The molecule has 0 amide bonds. The molecule has 1 fully saturated rings. The molecular weight excluding hydrogens is 458 g/mol. The minimum atomic E-state index is -4.24. The largest absolute Gasteiger partial charge is 0.401 e. The number of rotatable bonds is 3. The Labute approximate surface area is 193 Å². The molecule has 1 saturated heterocycles. The van der Waals surface area contributed by atoms with Gasteiger partial charge in [-0.1, -0.05) is 29.5 Å². The number of alkyl halides is 3. The van der Waals surface area contributed by atoms with Crippen LogP contribution >= 0.6 is 11.6 Å². The Morgan fingerprint density at radius 3 is 2.82 bits per heavy atom. The minimum absolute atomic E-state index is 0.0235. The second kappa shape index (κ2) is 8.69. The summed E-state index contributed by atoms with van der Waals surface area (Å²) in [6.07, 6.45) is -2.38. The molecule has 33 heavy (non-hydrogen) atoms. The first-order valence-corrected chi connectivity index (χ1v) is 10.5. The lowest BCUT2D eigenvalue weighted by atomic mass is 9.90. The van der Waals surface area contributed by atoms with E-state index in [-0.39, 0.29) is 17.3 Å². The molecule has 1 unspecified atom stereocenters. The number of nitrogens with one attached hydrogen (secondary N) is 1. The maximum Gasteiger partial charge on any atom is 0.401 e. The summed E-state index contributed by atoms with van der Waals surface area (Å²) in [5.41, 5.74) is 7.18. The number of hydrogen-bond donors (Lipinski definition) is 2. The van der Waals surface area contributed by atoms with E-state index in [1.165, 1.54) is 23.4 Å². The molecule has 0 radical (unpaired) electrons. The van der Waals surface area contributed by atoms with Crippen LogP contribution in [0, 0.1) is 23.1 Å². The molecule has 10 heteroatoms. The van der Waals surface area contributed by atoms with Crippen LogP contribution in [-0.4, -0.2) is 40.7 Å². The van der Waals surface area contributed by atoms with Gasteiger partial charge in [0.25, 0.3) is 0 Å². The van der Waals surface area contributed by atoms with Gasteiger partial charge < -0.3 is 11.1 Å². The molecule has 1 aliphatic heterocycles. The van der Waals surface area contributed by atoms with E-state index in [4.69, 9.17) is 17.3 Å². The highest BCUT2D eigenvalue weighted by atomic mass is 35.5. The first-order chi connectivity index (χ1) is 15.5. The van der Waals surface area contributed by atoms with Crippen molar-refractivity contribution in [2.24, 2.45) is 5.41 Å². The molecule has 3 N–H and O–H groups in total. The van der Waals surface area contributed by atoms with Crippen LogP contribution < -0.4 is 11.1 Å². The average Bonchev–Trinajstić information content (AvgIpc) is 3.09. The van der Waals surface area contributed by atoms with Crippen molar-refractivity contribution < 1.29 is 17.6 Å². The van der Waals surface area contributed by atoms with Gasteiger partial charge in [-0.25, -0.2) is 14.4 Å². The quantitative estimate of drug-likeness (QED) is 0.301. The molecule has 1 aromatic heterocycles. The second-order valence-electron chi connectivity index (χ2n) is 8.29. The maximum absolute atomic E-state index is 14.3. The molecule has 0 bridgehead atoms. The Morgan fingerprint density at radius 1 is 1.27 bits per heavy atom. The molecule has 0 spiro atoms. The number of nitrogen functional groups attached to an aromatic ring is 1. The molecule has 0 aliphatic carbocycles. The molecule has 3 aromatic rings. The maximum atomic E-state index is 14.3. The van der Waals surface area contributed by atoms with E-state index in [2.05, 4.69) is 27.1 Å². The van der Waals surface area contributed by atoms with Crippen molar-refractivity contribution in [1.29, 1.82) is 0 Å². The van der Waals surface area contributed by atoms with E-state index in [1.807, 2.05) is 6.92 Å². The molecule has 5 nitrogen and oxygen atoms in total. The third kappa shape index (κ3) is 5.29. The first kappa shape index (κ1) is 23.1. The van der Waals surface area contributed by atoms with Crippen LogP contribution in [0.15, 0.2) is 36.7 Å². The van der Waals surface area contributed by atoms with E-state index in [9.17, 15) is 17.6 Å². The van der Waals surface area contributed by atoms with Crippen LogP contribution in [0.3, 0.4) is 0 Å². The monoisotopic (exact) mass is 477 g/mol. The number of likely N-dealkylation sites (tertiary alicyclic amines) is 1. The third-order valence-electron chi connectivity index (χ3n) is 5.47. The van der Waals surface area contributed by atoms with E-state index in [0.29, 0.717) is 40.9 Å². The van der Waals surface area contributed by atoms with E-state index < -0.39 is 24.0 Å². The average molecular weight is 478 g/mol. The lowest BCUT2D eigenvalue weighted by Crippen LogP contribution is -2.33. The van der Waals surface area contributed by atoms with Gasteiger partial charge in [-0.3, -0.25) is 4.90 Å². The van der Waals surface area contributed by atoms with Crippen molar-refractivity contribution in [3.05, 3.63) is 53.1 Å². The van der Waals surface area contributed by atoms with Crippen LogP contribution in [0.1, 0.15) is 18.9 Å². The van der Waals surface area contributed by atoms with Crippen molar-refractivity contribution in [1.82, 2.24) is 14.9 Å². The highest BCUT2D eigenvalue weighted by Crippen LogP contribution is 2.33. The van der Waals surface area contributed by atoms with E-state index in [1.54, 1.807) is 18.2 Å². The van der Waals surface area contributed by atoms with Crippen LogP contribution in [0.4, 0.5) is 34.8 Å². The van der Waals surface area contributed by atoms with E-state index in [0.717, 1.165) is 0 Å². The van der Waals surface area contributed by atoms with Gasteiger partial charge in [0.15, 0.2) is 5.82 Å². The number of benzene rings is 2. The Hall–Kier alpha value is -3.09. The summed E-state index contributed by atoms with van der Waals surface area (Å²) >= 11 is 5.84. The van der Waals surface area contributed by atoms with Crippen LogP contribution in [-0.2, 0) is 0 Å². The number of anilines is 3. The first-order valence-electron chi connectivity index (χ1n) is 10.1. The lowest BCUT2D eigenvalue weighted by Gasteiger charge is -2.20. The smallest absolute Gasteiger partial charge is 0.398 e. The number of halogens is 5. The molecule has 1 aliphatic rings. The van der Waals surface area contributed by atoms with Gasteiger partial charge in [-0.15, -0.1) is 0 Å². The van der Waals surface area contributed by atoms with Crippen molar-refractivity contribution in [3.63, 3.8) is 0 Å². The summed E-state index contributed by atoms with van der Waals surface area (Å²) in [5.74, 6) is 5.86. The van der Waals surface area contributed by atoms with Crippen molar-refractivity contribution >= 4 is 39.7 Å². The molecule has 2 heterocycles. The predicted octanol–water partition coefficient (Wildman–Crippen LogP) is 5.37. The highest BCUT2D eigenvalue weighted by molar-refractivity contribution is 6.31. The summed E-state index contributed by atoms with van der Waals surface area (Å²) in [4.78, 5) is 9.79. The highest BCUT2D eigenvalue weighted by Gasteiger charge is 2.38. The Morgan fingerprint density at radius 2 is 2.06 bits per heavy atom. The van der Waals surface area contributed by atoms with Gasteiger partial charge in [0.2, 0.25) is 0 Å². The molecular formula is C23H20ClF4N5. The van der Waals surface area contributed by atoms with Gasteiger partial charge in [-0.2, -0.15) is 13.2 Å². The summed E-state index contributed by atoms with van der Waals surface area (Å²) in [5, 5.41) is 3.44. The summed E-state index contributed by atoms with van der Waals surface area (Å²) in [7, 11) is 0. The number of nitrogens with zero attached hydrogens (tertiary/aromatic N) is 3. The summed E-state index contributed by atoms with van der Waals surface area (Å²) in [6.45, 7) is 1.47. The zero-order valence-electron chi connectivity index (χ0n) is 17.6. The number of nitrogens with two attached hydrogens (primary N) is 1. The lowest BCUT2D eigenvalue weighted by molar-refractivity contribution is -0.144. The van der Waals surface area contributed by atoms with Gasteiger partial charge in [0, 0.05) is 35.1 Å². The number of fused-ring (bicyclic) bond motifs is 1. The van der Waals surface area contributed by atoms with E-state index >= 15 is 0 Å². The fraction of sp³-hybridized carbons (Fsp3) is 0.304. The molecule has 4 rings (SSSR count). The third-order valence-corrected chi connectivity index (χ3v) is 5.76. The molecule has 172 valence electrons. The summed E-state index contributed by atoms with van der Waals surface area (Å²) < 4.78 is 52.3. The Kier molecular flexibility index (Phi) is 6.08. The van der Waals surface area contributed by atoms with Gasteiger partial charge in [-0.05, 0) is 37.6 Å². The van der Waals surface area contributed by atoms with Crippen molar-refractivity contribution in [2.75, 3.05) is 30.7 Å². The van der Waals surface area contributed by atoms with Crippen molar-refractivity contribution in [3.8, 4) is 11.8 Å². The molecule has 2 aromatic carbocycles. The topological polar surface area (TPSA) is 67.1 Å². The standard InChI is InChI=1S/C23H20ClF4N5/c1-22(7-8-33(11-22)12-23(26,27)28)6-5-14-9-19-15(10-17(14)29)21(31-13-30-19)32-18-4-2-3-16(24)20(18)25/h2-4,9-10,13H,7-8,11-12,29H2,1H3,(H,30,31,32). The zero-order chi connectivity index (χ0) is 23.8. The zero-order valence-corrected chi connectivity index (χ0v) is 18.4. The Bertz CT molecular complexity index is 1270. The molecule has 0 saturated carbocycles. The fourth-order valence-electron chi connectivity index (χ4n) is 3.82. The Balaban J connectivity index is 1.61. The van der Waals surface area contributed by atoms with Crippen LogP contribution in [0.5, 0.6) is 0 Å². The normalized spacial score (nSPS) is 18.8. The van der Waals surface area contributed by atoms with Crippen molar-refractivity contribution in [2.45, 2.75) is 19.5 Å².